The van der Waals surface area contributed by atoms with Gasteiger partial charge in [-0.2, -0.15) is 0 Å². The summed E-state index contributed by atoms with van der Waals surface area (Å²) in [4.78, 5) is 11.9. The molecule has 0 aliphatic heterocycles. The molecule has 2 N–H and O–H groups in total. The van der Waals surface area contributed by atoms with Gasteiger partial charge in [0.2, 0.25) is 0 Å². The fourth-order valence-corrected chi connectivity index (χ4v) is 3.58. The molecule has 7 heteroatoms. The standard InChI is InChI=1S/C20H26N2O4S/c1-4-5-16(3)21-20(23)14-26-18-10-12-19(13-11-18)27(24,25)22-17-8-6-15(2)7-9-17/h6-13,16,22H,4-5,14H2,1-3H3,(H,21,23). The van der Waals surface area contributed by atoms with E-state index in [2.05, 4.69) is 17.0 Å². The van der Waals surface area contributed by atoms with Crippen molar-refractivity contribution >= 4 is 21.6 Å². The number of aryl methyl sites for hydroxylation is 1. The monoisotopic (exact) mass is 390 g/mol. The lowest BCUT2D eigenvalue weighted by Crippen LogP contribution is -2.35. The highest BCUT2D eigenvalue weighted by molar-refractivity contribution is 7.92. The minimum absolute atomic E-state index is 0.103. The Balaban J connectivity index is 1.93. The van der Waals surface area contributed by atoms with Crippen LogP contribution in [-0.2, 0) is 14.8 Å². The van der Waals surface area contributed by atoms with Crippen LogP contribution < -0.4 is 14.8 Å². The third-order valence-electron chi connectivity index (χ3n) is 3.94. The number of carbonyl (C=O) groups is 1. The third kappa shape index (κ3) is 6.60. The van der Waals surface area contributed by atoms with Gasteiger partial charge in [-0.1, -0.05) is 31.0 Å². The van der Waals surface area contributed by atoms with Crippen molar-refractivity contribution in [3.63, 3.8) is 0 Å². The lowest BCUT2D eigenvalue weighted by Gasteiger charge is -2.13. The Labute approximate surface area is 161 Å². The molecule has 0 fully saturated rings. The first kappa shape index (κ1) is 20.8. The molecule has 1 amide bonds. The van der Waals surface area contributed by atoms with E-state index in [1.54, 1.807) is 12.1 Å². The Bertz CT molecular complexity index is 847. The van der Waals surface area contributed by atoms with Gasteiger partial charge in [0.05, 0.1) is 4.90 Å². The van der Waals surface area contributed by atoms with E-state index < -0.39 is 10.0 Å². The van der Waals surface area contributed by atoms with Gasteiger partial charge in [-0.15, -0.1) is 0 Å². The summed E-state index contributed by atoms with van der Waals surface area (Å²) in [5, 5.41) is 2.85. The normalized spacial score (nSPS) is 12.3. The Morgan fingerprint density at radius 3 is 2.30 bits per heavy atom. The predicted octanol–water partition coefficient (Wildman–Crippen LogP) is 3.48. The van der Waals surface area contributed by atoms with E-state index >= 15 is 0 Å². The van der Waals surface area contributed by atoms with Crippen LogP contribution in [0.2, 0.25) is 0 Å². The van der Waals surface area contributed by atoms with E-state index in [1.165, 1.54) is 24.3 Å². The van der Waals surface area contributed by atoms with Crippen molar-refractivity contribution in [2.75, 3.05) is 11.3 Å². The molecular formula is C20H26N2O4S. The number of hydrogen-bond acceptors (Lipinski definition) is 4. The SMILES string of the molecule is CCCC(C)NC(=O)COc1ccc(S(=O)(=O)Nc2ccc(C)cc2)cc1. The zero-order chi connectivity index (χ0) is 19.9. The molecule has 146 valence electrons. The van der Waals surface area contributed by atoms with Crippen LogP contribution in [0.3, 0.4) is 0 Å². The van der Waals surface area contributed by atoms with Crippen LogP contribution in [0.15, 0.2) is 53.4 Å². The lowest BCUT2D eigenvalue weighted by atomic mass is 10.2. The van der Waals surface area contributed by atoms with Gasteiger partial charge in [-0.25, -0.2) is 8.42 Å². The van der Waals surface area contributed by atoms with E-state index in [0.29, 0.717) is 11.4 Å². The first-order valence-corrected chi connectivity index (χ1v) is 10.4. The molecule has 2 aromatic carbocycles. The highest BCUT2D eigenvalue weighted by atomic mass is 32.2. The molecule has 2 rings (SSSR count). The highest BCUT2D eigenvalue weighted by Crippen LogP contribution is 2.19. The number of carbonyl (C=O) groups excluding carboxylic acids is 1. The predicted molar refractivity (Wildman–Crippen MR) is 106 cm³/mol. The maximum Gasteiger partial charge on any atom is 0.261 e. The molecule has 1 atom stereocenters. The van der Waals surface area contributed by atoms with Crippen LogP contribution >= 0.6 is 0 Å². The highest BCUT2D eigenvalue weighted by Gasteiger charge is 2.14. The van der Waals surface area contributed by atoms with E-state index in [-0.39, 0.29) is 23.5 Å². The topological polar surface area (TPSA) is 84.5 Å². The molecule has 0 heterocycles. The van der Waals surface area contributed by atoms with E-state index in [1.807, 2.05) is 26.0 Å². The minimum atomic E-state index is -3.68. The molecule has 2 aromatic rings. The zero-order valence-electron chi connectivity index (χ0n) is 15.9. The van der Waals surface area contributed by atoms with Crippen molar-refractivity contribution in [2.45, 2.75) is 44.6 Å². The summed E-state index contributed by atoms with van der Waals surface area (Å²) in [5.41, 5.74) is 1.55. The number of amides is 1. The molecule has 0 bridgehead atoms. The van der Waals surface area contributed by atoms with Crippen LogP contribution in [0.1, 0.15) is 32.3 Å². The largest absolute Gasteiger partial charge is 0.484 e. The second kappa shape index (κ2) is 9.41. The van der Waals surface area contributed by atoms with Crippen molar-refractivity contribution in [1.29, 1.82) is 0 Å². The first-order chi connectivity index (χ1) is 12.8. The van der Waals surface area contributed by atoms with Gasteiger partial charge < -0.3 is 10.1 Å². The maximum atomic E-state index is 12.4. The summed E-state index contributed by atoms with van der Waals surface area (Å²) < 4.78 is 32.8. The van der Waals surface area contributed by atoms with Crippen LogP contribution in [0.5, 0.6) is 5.75 Å². The van der Waals surface area contributed by atoms with Gasteiger partial charge in [-0.3, -0.25) is 9.52 Å². The number of anilines is 1. The summed E-state index contributed by atoms with van der Waals surface area (Å²) in [6, 6.07) is 13.2. The number of nitrogens with one attached hydrogen (secondary N) is 2. The van der Waals surface area contributed by atoms with Crippen molar-refractivity contribution in [2.24, 2.45) is 0 Å². The number of ether oxygens (including phenoxy) is 1. The summed E-state index contributed by atoms with van der Waals surface area (Å²) >= 11 is 0. The maximum absolute atomic E-state index is 12.4. The van der Waals surface area contributed by atoms with Crippen molar-refractivity contribution in [1.82, 2.24) is 5.32 Å². The lowest BCUT2D eigenvalue weighted by molar-refractivity contribution is -0.123. The van der Waals surface area contributed by atoms with E-state index in [9.17, 15) is 13.2 Å². The molecule has 0 aromatic heterocycles. The van der Waals surface area contributed by atoms with Gasteiger partial charge in [0.25, 0.3) is 15.9 Å². The van der Waals surface area contributed by atoms with Crippen molar-refractivity contribution in [3.8, 4) is 5.75 Å². The number of rotatable bonds is 9. The van der Waals surface area contributed by atoms with Gasteiger partial charge in [-0.05, 0) is 56.7 Å². The van der Waals surface area contributed by atoms with Crippen molar-refractivity contribution < 1.29 is 17.9 Å². The summed E-state index contributed by atoms with van der Waals surface area (Å²) in [7, 11) is -3.68. The first-order valence-electron chi connectivity index (χ1n) is 8.92. The Morgan fingerprint density at radius 1 is 1.07 bits per heavy atom. The number of benzene rings is 2. The minimum Gasteiger partial charge on any atom is -0.484 e. The fourth-order valence-electron chi connectivity index (χ4n) is 2.52. The number of hydrogen-bond donors (Lipinski definition) is 2. The average Bonchev–Trinajstić information content (AvgIpc) is 2.62. The Kier molecular flexibility index (Phi) is 7.24. The van der Waals surface area contributed by atoms with E-state index in [0.717, 1.165) is 18.4 Å². The van der Waals surface area contributed by atoms with Crippen LogP contribution in [-0.4, -0.2) is 27.0 Å². The van der Waals surface area contributed by atoms with Crippen molar-refractivity contribution in [3.05, 3.63) is 54.1 Å². The smallest absolute Gasteiger partial charge is 0.261 e. The molecule has 1 unspecified atom stereocenters. The molecular weight excluding hydrogens is 364 g/mol. The molecule has 0 aliphatic rings. The summed E-state index contributed by atoms with van der Waals surface area (Å²) in [6.07, 6.45) is 1.90. The quantitative estimate of drug-likeness (QED) is 0.686. The zero-order valence-corrected chi connectivity index (χ0v) is 16.7. The molecule has 0 aliphatic carbocycles. The summed E-state index contributed by atoms with van der Waals surface area (Å²) in [6.45, 7) is 5.83. The molecule has 6 nitrogen and oxygen atoms in total. The van der Waals surface area contributed by atoms with Gasteiger partial charge >= 0.3 is 0 Å². The number of sulfonamides is 1. The third-order valence-corrected chi connectivity index (χ3v) is 5.33. The second-order valence-corrected chi connectivity index (χ2v) is 8.17. The molecule has 0 spiro atoms. The molecule has 0 radical (unpaired) electrons. The van der Waals surface area contributed by atoms with Crippen LogP contribution in [0.4, 0.5) is 5.69 Å². The Hall–Kier alpha value is -2.54. The summed E-state index contributed by atoms with van der Waals surface area (Å²) in [5.74, 6) is 0.233. The van der Waals surface area contributed by atoms with Gasteiger partial charge in [0.15, 0.2) is 6.61 Å². The molecule has 0 saturated heterocycles. The van der Waals surface area contributed by atoms with Gasteiger partial charge in [0.1, 0.15) is 5.75 Å². The molecule has 0 saturated carbocycles. The van der Waals surface area contributed by atoms with Crippen LogP contribution in [0.25, 0.3) is 0 Å². The second-order valence-electron chi connectivity index (χ2n) is 6.49. The van der Waals surface area contributed by atoms with E-state index in [4.69, 9.17) is 4.74 Å². The average molecular weight is 391 g/mol. The molecule has 27 heavy (non-hydrogen) atoms. The van der Waals surface area contributed by atoms with Gasteiger partial charge in [0, 0.05) is 11.7 Å². The Morgan fingerprint density at radius 2 is 1.70 bits per heavy atom. The van der Waals surface area contributed by atoms with Crippen LogP contribution in [0, 0.1) is 6.92 Å². The fraction of sp³-hybridized carbons (Fsp3) is 0.350.